The van der Waals surface area contributed by atoms with Gasteiger partial charge in [0.2, 0.25) is 11.1 Å². The Kier molecular flexibility index (Phi) is 7.32. The van der Waals surface area contributed by atoms with E-state index in [2.05, 4.69) is 20.3 Å². The molecule has 0 saturated heterocycles. The number of carbonyl (C=O) groups excluding carboxylic acids is 1. The van der Waals surface area contributed by atoms with Gasteiger partial charge in [-0.1, -0.05) is 23.4 Å². The van der Waals surface area contributed by atoms with Gasteiger partial charge in [-0.05, 0) is 49.4 Å². The zero-order valence-electron chi connectivity index (χ0n) is 16.6. The first-order valence-corrected chi connectivity index (χ1v) is 10.3. The van der Waals surface area contributed by atoms with Crippen molar-refractivity contribution in [3.63, 3.8) is 0 Å². The van der Waals surface area contributed by atoms with Crippen LogP contribution in [0.2, 0.25) is 5.02 Å². The molecule has 0 spiro atoms. The molecule has 3 N–H and O–H groups in total. The lowest BCUT2D eigenvalue weighted by atomic mass is 10.2. The summed E-state index contributed by atoms with van der Waals surface area (Å²) in [5.41, 5.74) is -0.699. The van der Waals surface area contributed by atoms with Crippen LogP contribution < -0.4 is 15.9 Å². The first-order valence-electron chi connectivity index (χ1n) is 9.05. The molecule has 1 unspecified atom stereocenters. The first-order chi connectivity index (χ1) is 15.5. The van der Waals surface area contributed by atoms with Crippen molar-refractivity contribution < 1.29 is 31.5 Å². The highest BCUT2D eigenvalue weighted by Crippen LogP contribution is 2.34. The summed E-state index contributed by atoms with van der Waals surface area (Å²) in [5, 5.41) is 9.42. The molecule has 1 atom stereocenters. The quantitative estimate of drug-likeness (QED) is 0.264. The maximum absolute atomic E-state index is 12.9. The van der Waals surface area contributed by atoms with Crippen LogP contribution in [0.1, 0.15) is 12.5 Å². The molecule has 14 heteroatoms. The molecule has 0 saturated carbocycles. The number of nitrogen functional groups attached to an aromatic ring is 1. The van der Waals surface area contributed by atoms with E-state index < -0.39 is 29.5 Å². The fourth-order valence-electron chi connectivity index (χ4n) is 2.58. The zero-order valence-corrected chi connectivity index (χ0v) is 18.2. The van der Waals surface area contributed by atoms with Gasteiger partial charge in [-0.15, -0.1) is 10.2 Å². The van der Waals surface area contributed by atoms with E-state index in [0.29, 0.717) is 5.56 Å². The summed E-state index contributed by atoms with van der Waals surface area (Å²) in [6.07, 6.45) is -4.60. The molecule has 2 aromatic carbocycles. The largest absolute Gasteiger partial charge is 0.435 e. The average Bonchev–Trinajstić information content (AvgIpc) is 3.09. The van der Waals surface area contributed by atoms with Crippen molar-refractivity contribution in [1.82, 2.24) is 14.9 Å². The third kappa shape index (κ3) is 6.05. The number of nitrogens with zero attached hydrogens (tertiary/aromatic N) is 3. The van der Waals surface area contributed by atoms with Crippen molar-refractivity contribution in [2.45, 2.75) is 30.1 Å². The van der Waals surface area contributed by atoms with Gasteiger partial charge in [-0.25, -0.2) is 4.68 Å². The minimum Gasteiger partial charge on any atom is -0.435 e. The third-order valence-electron chi connectivity index (χ3n) is 4.21. The Balaban J connectivity index is 1.70. The molecule has 1 heterocycles. The SMILES string of the molecule is CC(Sc1nnc(-c2ccc(OC(F)F)cc2)n1N)C(=O)Nc1cc(C(F)(F)F)ccc1Cl. The number of hydrogen-bond donors (Lipinski definition) is 2. The molecule has 176 valence electrons. The molecule has 7 nitrogen and oxygen atoms in total. The van der Waals surface area contributed by atoms with E-state index in [1.165, 1.54) is 31.2 Å². The molecule has 1 aromatic heterocycles. The number of aromatic nitrogens is 3. The van der Waals surface area contributed by atoms with Gasteiger partial charge in [0, 0.05) is 5.56 Å². The zero-order chi connectivity index (χ0) is 24.3. The van der Waals surface area contributed by atoms with Gasteiger partial charge in [0.25, 0.3) is 0 Å². The predicted molar refractivity (Wildman–Crippen MR) is 113 cm³/mol. The van der Waals surface area contributed by atoms with Gasteiger partial charge in [0.1, 0.15) is 5.75 Å². The summed E-state index contributed by atoms with van der Waals surface area (Å²) < 4.78 is 68.7. The van der Waals surface area contributed by atoms with Crippen molar-refractivity contribution >= 4 is 35.0 Å². The van der Waals surface area contributed by atoms with E-state index in [1.807, 2.05) is 0 Å². The van der Waals surface area contributed by atoms with Crippen LogP contribution in [0.25, 0.3) is 11.4 Å². The topological polar surface area (TPSA) is 95.1 Å². The standard InChI is InChI=1S/C19H15ClF5N5O2S/c1-9(16(31)27-14-8-11(19(23,24)25)4-7-13(14)20)33-18-29-28-15(30(18)26)10-2-5-12(6-3-10)32-17(21)22/h2-9,17H,26H2,1H3,(H,27,31). The Morgan fingerprint density at radius 1 is 1.18 bits per heavy atom. The van der Waals surface area contributed by atoms with Crippen LogP contribution in [0.5, 0.6) is 5.75 Å². The molecule has 0 fully saturated rings. The molecule has 0 aliphatic rings. The number of halogens is 6. The van der Waals surface area contributed by atoms with Gasteiger partial charge in [-0.2, -0.15) is 22.0 Å². The normalized spacial score (nSPS) is 12.6. The monoisotopic (exact) mass is 507 g/mol. The number of nitrogens with two attached hydrogens (primary N) is 1. The van der Waals surface area contributed by atoms with Crippen LogP contribution in [0.3, 0.4) is 0 Å². The number of nitrogens with one attached hydrogen (secondary N) is 1. The smallest absolute Gasteiger partial charge is 0.416 e. The van der Waals surface area contributed by atoms with Crippen molar-refractivity contribution in [2.24, 2.45) is 0 Å². The third-order valence-corrected chi connectivity index (χ3v) is 5.59. The number of rotatable bonds is 7. The number of hydrogen-bond acceptors (Lipinski definition) is 6. The second kappa shape index (κ2) is 9.83. The molecular weight excluding hydrogens is 493 g/mol. The maximum atomic E-state index is 12.9. The lowest BCUT2D eigenvalue weighted by Gasteiger charge is -2.14. The van der Waals surface area contributed by atoms with Crippen LogP contribution in [0.15, 0.2) is 47.6 Å². The van der Waals surface area contributed by atoms with Crippen LogP contribution in [0, 0.1) is 0 Å². The van der Waals surface area contributed by atoms with Crippen LogP contribution in [-0.4, -0.2) is 32.6 Å². The van der Waals surface area contributed by atoms with E-state index in [4.69, 9.17) is 17.4 Å². The molecule has 0 bridgehead atoms. The fourth-order valence-corrected chi connectivity index (χ4v) is 3.52. The van der Waals surface area contributed by atoms with Crippen molar-refractivity contribution in [3.8, 4) is 17.1 Å². The van der Waals surface area contributed by atoms with E-state index in [1.54, 1.807) is 0 Å². The second-order valence-corrected chi connectivity index (χ2v) is 8.24. The molecule has 0 aliphatic heterocycles. The number of benzene rings is 2. The number of alkyl halides is 5. The summed E-state index contributed by atoms with van der Waals surface area (Å²) in [6, 6.07) is 8.09. The summed E-state index contributed by atoms with van der Waals surface area (Å²) in [7, 11) is 0. The predicted octanol–water partition coefficient (Wildman–Crippen LogP) is 5.05. The number of amides is 1. The summed E-state index contributed by atoms with van der Waals surface area (Å²) in [5.74, 6) is 5.49. The highest BCUT2D eigenvalue weighted by Gasteiger charge is 2.31. The van der Waals surface area contributed by atoms with Crippen molar-refractivity contribution in [1.29, 1.82) is 0 Å². The molecule has 3 rings (SSSR count). The lowest BCUT2D eigenvalue weighted by Crippen LogP contribution is -2.24. The Morgan fingerprint density at radius 3 is 2.45 bits per heavy atom. The minimum absolute atomic E-state index is 0.0509. The van der Waals surface area contributed by atoms with Crippen LogP contribution >= 0.6 is 23.4 Å². The molecule has 0 aliphatic carbocycles. The number of carbonyl (C=O) groups is 1. The van der Waals surface area contributed by atoms with E-state index in [9.17, 15) is 26.7 Å². The second-order valence-electron chi connectivity index (χ2n) is 6.52. The molecule has 0 radical (unpaired) electrons. The highest BCUT2D eigenvalue weighted by atomic mass is 35.5. The summed E-state index contributed by atoms with van der Waals surface area (Å²) in [6.45, 7) is -1.47. The Morgan fingerprint density at radius 2 is 1.85 bits per heavy atom. The average molecular weight is 508 g/mol. The Labute approximate surface area is 193 Å². The van der Waals surface area contributed by atoms with Crippen molar-refractivity contribution in [2.75, 3.05) is 11.2 Å². The Hall–Kier alpha value is -3.06. The number of thioether (sulfide) groups is 1. The van der Waals surface area contributed by atoms with E-state index in [0.717, 1.165) is 34.6 Å². The molecular formula is C19H15ClF5N5O2S. The van der Waals surface area contributed by atoms with Gasteiger partial charge in [0.05, 0.1) is 21.5 Å². The highest BCUT2D eigenvalue weighted by molar-refractivity contribution is 8.00. The first kappa shape index (κ1) is 24.6. The fraction of sp³-hybridized carbons (Fsp3) is 0.211. The summed E-state index contributed by atoms with van der Waals surface area (Å²) in [4.78, 5) is 12.5. The van der Waals surface area contributed by atoms with Gasteiger partial charge >= 0.3 is 12.8 Å². The van der Waals surface area contributed by atoms with E-state index >= 15 is 0 Å². The van der Waals surface area contributed by atoms with Gasteiger partial charge in [0.15, 0.2) is 5.82 Å². The van der Waals surface area contributed by atoms with E-state index in [-0.39, 0.29) is 27.4 Å². The molecule has 3 aromatic rings. The van der Waals surface area contributed by atoms with Crippen LogP contribution in [-0.2, 0) is 11.0 Å². The minimum atomic E-state index is -4.60. The number of anilines is 1. The summed E-state index contributed by atoms with van der Waals surface area (Å²) >= 11 is 6.81. The molecule has 33 heavy (non-hydrogen) atoms. The van der Waals surface area contributed by atoms with Crippen molar-refractivity contribution in [3.05, 3.63) is 53.1 Å². The Bertz CT molecular complexity index is 1140. The van der Waals surface area contributed by atoms with Gasteiger partial charge in [-0.3, -0.25) is 4.79 Å². The number of ether oxygens (including phenoxy) is 1. The van der Waals surface area contributed by atoms with Gasteiger partial charge < -0.3 is 15.9 Å². The maximum Gasteiger partial charge on any atom is 0.416 e. The lowest BCUT2D eigenvalue weighted by molar-refractivity contribution is -0.137. The van der Waals surface area contributed by atoms with Crippen LogP contribution in [0.4, 0.5) is 27.6 Å². The molecule has 1 amide bonds.